The molecule has 0 radical (unpaired) electrons. The summed E-state index contributed by atoms with van der Waals surface area (Å²) < 4.78 is 5.30. The van der Waals surface area contributed by atoms with Crippen molar-refractivity contribution in [3.8, 4) is 5.75 Å². The third-order valence-electron chi connectivity index (χ3n) is 1.86. The third kappa shape index (κ3) is 5.92. The molecule has 1 aromatic carbocycles. The zero-order chi connectivity index (χ0) is 12.9. The van der Waals surface area contributed by atoms with Gasteiger partial charge in [0.2, 0.25) is 0 Å². The molecule has 0 aliphatic rings. The van der Waals surface area contributed by atoms with E-state index >= 15 is 0 Å². The van der Waals surface area contributed by atoms with Gasteiger partial charge in [-0.1, -0.05) is 17.7 Å². The van der Waals surface area contributed by atoms with E-state index in [2.05, 4.69) is 5.48 Å². The van der Waals surface area contributed by atoms with Crippen molar-refractivity contribution in [3.05, 3.63) is 29.8 Å². The monoisotopic (exact) mass is 237 g/mol. The minimum absolute atomic E-state index is 0.0564. The van der Waals surface area contributed by atoms with Gasteiger partial charge < -0.3 is 4.74 Å². The molecule has 0 saturated heterocycles. The molecule has 94 valence electrons. The highest BCUT2D eigenvalue weighted by Crippen LogP contribution is 2.11. The van der Waals surface area contributed by atoms with Crippen molar-refractivity contribution < 1.29 is 14.4 Å². The number of hydrogen-bond donors (Lipinski definition) is 1. The lowest BCUT2D eigenvalue weighted by atomic mass is 10.2. The molecule has 0 fully saturated rings. The average Bonchev–Trinajstić information content (AvgIpc) is 2.25. The summed E-state index contributed by atoms with van der Waals surface area (Å²) in [6.45, 7) is 7.50. The molecule has 1 N–H and O–H groups in total. The maximum atomic E-state index is 11.4. The van der Waals surface area contributed by atoms with Crippen LogP contribution in [0.4, 0.5) is 0 Å². The first kappa shape index (κ1) is 13.5. The largest absolute Gasteiger partial charge is 0.484 e. The van der Waals surface area contributed by atoms with E-state index in [0.29, 0.717) is 5.75 Å². The van der Waals surface area contributed by atoms with Crippen LogP contribution in [0.2, 0.25) is 0 Å². The molecule has 0 unspecified atom stereocenters. The molecule has 0 spiro atoms. The van der Waals surface area contributed by atoms with Gasteiger partial charge in [0.15, 0.2) is 6.61 Å². The van der Waals surface area contributed by atoms with Gasteiger partial charge in [-0.25, -0.2) is 5.48 Å². The van der Waals surface area contributed by atoms with Gasteiger partial charge in [0.1, 0.15) is 5.75 Å². The zero-order valence-electron chi connectivity index (χ0n) is 10.7. The zero-order valence-corrected chi connectivity index (χ0v) is 10.7. The number of hydroxylamine groups is 1. The summed E-state index contributed by atoms with van der Waals surface area (Å²) in [5, 5.41) is 0. The normalized spacial score (nSPS) is 11.1. The van der Waals surface area contributed by atoms with E-state index < -0.39 is 5.60 Å². The molecule has 4 heteroatoms. The summed E-state index contributed by atoms with van der Waals surface area (Å²) in [4.78, 5) is 16.5. The molecule has 0 saturated carbocycles. The van der Waals surface area contributed by atoms with Crippen LogP contribution in [-0.4, -0.2) is 18.1 Å². The number of hydrogen-bond acceptors (Lipinski definition) is 3. The Hall–Kier alpha value is -1.55. The lowest BCUT2D eigenvalue weighted by Gasteiger charge is -2.18. The summed E-state index contributed by atoms with van der Waals surface area (Å²) >= 11 is 0. The smallest absolute Gasteiger partial charge is 0.281 e. The van der Waals surface area contributed by atoms with Crippen molar-refractivity contribution in [1.29, 1.82) is 0 Å². The van der Waals surface area contributed by atoms with Crippen LogP contribution in [0.1, 0.15) is 26.3 Å². The average molecular weight is 237 g/mol. The maximum absolute atomic E-state index is 11.4. The Morgan fingerprint density at radius 3 is 2.35 bits per heavy atom. The fourth-order valence-electron chi connectivity index (χ4n) is 1.02. The maximum Gasteiger partial charge on any atom is 0.281 e. The highest BCUT2D eigenvalue weighted by Gasteiger charge is 2.12. The number of aryl methyl sites for hydroxylation is 1. The second-order valence-corrected chi connectivity index (χ2v) is 4.84. The molecular weight excluding hydrogens is 218 g/mol. The van der Waals surface area contributed by atoms with Crippen molar-refractivity contribution in [1.82, 2.24) is 5.48 Å². The lowest BCUT2D eigenvalue weighted by molar-refractivity contribution is -0.147. The molecular formula is C13H19NO3. The summed E-state index contributed by atoms with van der Waals surface area (Å²) in [7, 11) is 0. The van der Waals surface area contributed by atoms with Crippen molar-refractivity contribution >= 4 is 5.91 Å². The Morgan fingerprint density at radius 2 is 1.82 bits per heavy atom. The van der Waals surface area contributed by atoms with Gasteiger partial charge >= 0.3 is 0 Å². The van der Waals surface area contributed by atoms with E-state index in [1.807, 2.05) is 52.0 Å². The first-order valence-corrected chi connectivity index (χ1v) is 5.53. The Kier molecular flexibility index (Phi) is 4.52. The minimum atomic E-state index is -0.403. The number of carbonyl (C=O) groups excluding carboxylic acids is 1. The van der Waals surface area contributed by atoms with E-state index in [1.54, 1.807) is 0 Å². The lowest BCUT2D eigenvalue weighted by Crippen LogP contribution is -2.36. The van der Waals surface area contributed by atoms with Gasteiger partial charge in [-0.15, -0.1) is 0 Å². The molecule has 0 bridgehead atoms. The summed E-state index contributed by atoms with van der Waals surface area (Å²) in [6, 6.07) is 7.51. The third-order valence-corrected chi connectivity index (χ3v) is 1.86. The Balaban J connectivity index is 2.31. The van der Waals surface area contributed by atoms with Crippen molar-refractivity contribution in [2.24, 2.45) is 0 Å². The topological polar surface area (TPSA) is 47.6 Å². The number of rotatable bonds is 4. The molecule has 17 heavy (non-hydrogen) atoms. The van der Waals surface area contributed by atoms with E-state index in [-0.39, 0.29) is 12.5 Å². The Labute approximate surface area is 102 Å². The van der Waals surface area contributed by atoms with Crippen LogP contribution in [0.3, 0.4) is 0 Å². The van der Waals surface area contributed by atoms with E-state index in [9.17, 15) is 4.79 Å². The second-order valence-electron chi connectivity index (χ2n) is 4.84. The van der Waals surface area contributed by atoms with Gasteiger partial charge in [-0.2, -0.15) is 0 Å². The molecule has 1 rings (SSSR count). The molecule has 0 heterocycles. The van der Waals surface area contributed by atoms with Gasteiger partial charge in [0.25, 0.3) is 5.91 Å². The Morgan fingerprint density at radius 1 is 1.24 bits per heavy atom. The molecule has 4 nitrogen and oxygen atoms in total. The molecule has 1 amide bonds. The highest BCUT2D eigenvalue weighted by atomic mass is 16.7. The molecule has 0 atom stereocenters. The second kappa shape index (κ2) is 5.68. The van der Waals surface area contributed by atoms with Crippen LogP contribution in [0.15, 0.2) is 24.3 Å². The van der Waals surface area contributed by atoms with Crippen LogP contribution >= 0.6 is 0 Å². The SMILES string of the molecule is Cc1ccc(OCC(=O)NOC(C)(C)C)cc1. The predicted octanol–water partition coefficient (Wildman–Crippen LogP) is 2.22. The van der Waals surface area contributed by atoms with E-state index in [0.717, 1.165) is 5.56 Å². The summed E-state index contributed by atoms with van der Waals surface area (Å²) in [6.07, 6.45) is 0. The first-order valence-electron chi connectivity index (χ1n) is 5.53. The van der Waals surface area contributed by atoms with Crippen molar-refractivity contribution in [2.45, 2.75) is 33.3 Å². The number of benzene rings is 1. The van der Waals surface area contributed by atoms with Gasteiger partial charge in [0.05, 0.1) is 5.60 Å². The van der Waals surface area contributed by atoms with Gasteiger partial charge in [0, 0.05) is 0 Å². The molecule has 0 aliphatic heterocycles. The van der Waals surface area contributed by atoms with Crippen LogP contribution in [0.5, 0.6) is 5.75 Å². The van der Waals surface area contributed by atoms with E-state index in [4.69, 9.17) is 9.57 Å². The number of nitrogens with one attached hydrogen (secondary N) is 1. The van der Waals surface area contributed by atoms with Crippen LogP contribution < -0.4 is 10.2 Å². The summed E-state index contributed by atoms with van der Waals surface area (Å²) in [5.41, 5.74) is 3.09. The highest BCUT2D eigenvalue weighted by molar-refractivity contribution is 5.76. The van der Waals surface area contributed by atoms with E-state index in [1.165, 1.54) is 0 Å². The predicted molar refractivity (Wildman–Crippen MR) is 65.7 cm³/mol. The van der Waals surface area contributed by atoms with Gasteiger partial charge in [-0.3, -0.25) is 9.63 Å². The number of carbonyl (C=O) groups is 1. The quantitative estimate of drug-likeness (QED) is 0.817. The fraction of sp³-hybridized carbons (Fsp3) is 0.462. The molecule has 0 aliphatic carbocycles. The van der Waals surface area contributed by atoms with Crippen molar-refractivity contribution in [2.75, 3.05) is 6.61 Å². The van der Waals surface area contributed by atoms with Crippen LogP contribution in [0.25, 0.3) is 0 Å². The molecule has 0 aromatic heterocycles. The van der Waals surface area contributed by atoms with Crippen LogP contribution in [0, 0.1) is 6.92 Å². The fourth-order valence-corrected chi connectivity index (χ4v) is 1.02. The first-order chi connectivity index (χ1) is 7.87. The minimum Gasteiger partial charge on any atom is -0.484 e. The van der Waals surface area contributed by atoms with Gasteiger partial charge in [-0.05, 0) is 39.8 Å². The van der Waals surface area contributed by atoms with Crippen molar-refractivity contribution in [3.63, 3.8) is 0 Å². The Bertz CT molecular complexity index is 365. The number of ether oxygens (including phenoxy) is 1. The van der Waals surface area contributed by atoms with Crippen LogP contribution in [-0.2, 0) is 9.63 Å². The number of amides is 1. The summed E-state index contributed by atoms with van der Waals surface area (Å²) in [5.74, 6) is 0.363. The molecule has 1 aromatic rings. The standard InChI is InChI=1S/C13H19NO3/c1-10-5-7-11(8-6-10)16-9-12(15)14-17-13(2,3)4/h5-8H,9H2,1-4H3,(H,14,15).